The molecule has 0 unspecified atom stereocenters. The zero-order valence-corrected chi connectivity index (χ0v) is 11.9. The molecule has 0 atom stereocenters. The largest absolute Gasteiger partial charge is 0.398 e. The Morgan fingerprint density at radius 3 is 1.90 bits per heavy atom. The normalized spacial score (nSPS) is 13.8. The number of rotatable bonds is 1. The van der Waals surface area contributed by atoms with E-state index in [1.807, 2.05) is 0 Å². The van der Waals surface area contributed by atoms with Gasteiger partial charge in [-0.1, -0.05) is 24.3 Å². The van der Waals surface area contributed by atoms with Crippen LogP contribution in [-0.2, 0) is 9.84 Å². The van der Waals surface area contributed by atoms with Crippen molar-refractivity contribution in [3.63, 3.8) is 0 Å². The van der Waals surface area contributed by atoms with Gasteiger partial charge in [0.1, 0.15) is 0 Å². The van der Waals surface area contributed by atoms with Gasteiger partial charge in [0.2, 0.25) is 0 Å². The molecule has 0 bridgehead atoms. The van der Waals surface area contributed by atoms with Crippen LogP contribution >= 0.6 is 0 Å². The summed E-state index contributed by atoms with van der Waals surface area (Å²) in [6.07, 6.45) is 0.997. The summed E-state index contributed by atoms with van der Waals surface area (Å²) >= 11 is 0. The molecule has 1 aliphatic carbocycles. The quantitative estimate of drug-likeness (QED) is 0.686. The molecule has 0 aliphatic heterocycles. The van der Waals surface area contributed by atoms with Gasteiger partial charge in [-0.2, -0.15) is 0 Å². The number of hydrogen-bond donors (Lipinski definition) is 1. The summed E-state index contributed by atoms with van der Waals surface area (Å²) in [6, 6.07) is 8.92. The van der Waals surface area contributed by atoms with Crippen LogP contribution in [0, 0.1) is 0 Å². The molecule has 2 aromatic carbocycles. The van der Waals surface area contributed by atoms with Gasteiger partial charge in [-0.05, 0) is 12.1 Å². The number of sulfone groups is 1. The van der Waals surface area contributed by atoms with Crippen molar-refractivity contribution in [3.05, 3.63) is 58.7 Å². The minimum atomic E-state index is -3.65. The van der Waals surface area contributed by atoms with Crippen LogP contribution in [-0.4, -0.2) is 26.2 Å². The molecule has 2 N–H and O–H groups in total. The lowest BCUT2D eigenvalue weighted by Gasteiger charge is -2.20. The number of anilines is 1. The summed E-state index contributed by atoms with van der Waals surface area (Å²) in [5.74, 6) is -0.920. The molecule has 21 heavy (non-hydrogen) atoms. The molecule has 0 spiro atoms. The summed E-state index contributed by atoms with van der Waals surface area (Å²) in [4.78, 5) is 25.0. The number of fused-ring (bicyclic) bond motifs is 2. The van der Waals surface area contributed by atoms with E-state index in [2.05, 4.69) is 0 Å². The molecule has 106 valence electrons. The Morgan fingerprint density at radius 2 is 1.38 bits per heavy atom. The van der Waals surface area contributed by atoms with Crippen LogP contribution in [0.2, 0.25) is 0 Å². The van der Waals surface area contributed by atoms with Crippen LogP contribution < -0.4 is 5.73 Å². The van der Waals surface area contributed by atoms with Crippen molar-refractivity contribution < 1.29 is 18.0 Å². The van der Waals surface area contributed by atoms with Crippen LogP contribution in [0.5, 0.6) is 0 Å². The van der Waals surface area contributed by atoms with Crippen molar-refractivity contribution in [3.8, 4) is 0 Å². The highest BCUT2D eigenvalue weighted by atomic mass is 32.2. The molecule has 0 radical (unpaired) electrons. The highest BCUT2D eigenvalue weighted by Crippen LogP contribution is 2.34. The molecule has 3 rings (SSSR count). The van der Waals surface area contributed by atoms with Gasteiger partial charge in [0.05, 0.1) is 16.0 Å². The third-order valence-corrected chi connectivity index (χ3v) is 4.61. The molecular weight excluding hydrogens is 290 g/mol. The number of nitrogens with two attached hydrogens (primary N) is 1. The number of hydrogen-bond acceptors (Lipinski definition) is 5. The Hall–Kier alpha value is -2.47. The fourth-order valence-corrected chi connectivity index (χ4v) is 3.41. The molecule has 0 saturated carbocycles. The minimum Gasteiger partial charge on any atom is -0.398 e. The summed E-state index contributed by atoms with van der Waals surface area (Å²) in [6.45, 7) is 0. The fourth-order valence-electron chi connectivity index (χ4n) is 2.53. The Labute approximate surface area is 121 Å². The van der Waals surface area contributed by atoms with Gasteiger partial charge in [-0.3, -0.25) is 9.59 Å². The van der Waals surface area contributed by atoms with Crippen LogP contribution in [0.15, 0.2) is 41.3 Å². The molecule has 0 aromatic heterocycles. The molecule has 0 heterocycles. The predicted octanol–water partition coefficient (Wildman–Crippen LogP) is 1.45. The highest BCUT2D eigenvalue weighted by molar-refractivity contribution is 7.90. The molecule has 2 aromatic rings. The van der Waals surface area contributed by atoms with Crippen molar-refractivity contribution in [1.29, 1.82) is 0 Å². The van der Waals surface area contributed by atoms with Crippen molar-refractivity contribution in [2.24, 2.45) is 0 Å². The first-order chi connectivity index (χ1) is 9.82. The number of nitrogen functional groups attached to an aromatic ring is 1. The minimum absolute atomic E-state index is 0.0263. The Kier molecular flexibility index (Phi) is 2.74. The van der Waals surface area contributed by atoms with Crippen LogP contribution in [0.4, 0.5) is 5.69 Å². The predicted molar refractivity (Wildman–Crippen MR) is 77.3 cm³/mol. The van der Waals surface area contributed by atoms with Gasteiger partial charge in [0.25, 0.3) is 0 Å². The average molecular weight is 301 g/mol. The third kappa shape index (κ3) is 1.87. The van der Waals surface area contributed by atoms with Gasteiger partial charge in [-0.25, -0.2) is 8.42 Å². The zero-order valence-electron chi connectivity index (χ0n) is 11.1. The first kappa shape index (κ1) is 13.5. The lowest BCUT2D eigenvalue weighted by molar-refractivity contribution is 0.0977. The second-order valence-corrected chi connectivity index (χ2v) is 6.86. The molecule has 0 amide bonds. The maximum atomic E-state index is 12.6. The first-order valence-corrected chi connectivity index (χ1v) is 8.02. The number of carbonyl (C=O) groups is 2. The van der Waals surface area contributed by atoms with E-state index in [0.717, 1.165) is 6.26 Å². The number of carbonyl (C=O) groups excluding carboxylic acids is 2. The third-order valence-electron chi connectivity index (χ3n) is 3.47. The molecule has 5 nitrogen and oxygen atoms in total. The van der Waals surface area contributed by atoms with Gasteiger partial charge < -0.3 is 5.73 Å². The lowest BCUT2D eigenvalue weighted by Crippen LogP contribution is -2.24. The zero-order chi connectivity index (χ0) is 15.4. The lowest BCUT2D eigenvalue weighted by atomic mass is 9.83. The second-order valence-electron chi connectivity index (χ2n) is 4.88. The van der Waals surface area contributed by atoms with Crippen LogP contribution in [0.3, 0.4) is 0 Å². The summed E-state index contributed by atoms with van der Waals surface area (Å²) < 4.78 is 23.8. The second kappa shape index (κ2) is 4.26. The van der Waals surface area contributed by atoms with E-state index in [-0.39, 0.29) is 32.8 Å². The van der Waals surface area contributed by atoms with E-state index in [9.17, 15) is 18.0 Å². The van der Waals surface area contributed by atoms with E-state index in [4.69, 9.17) is 5.73 Å². The van der Waals surface area contributed by atoms with Crippen molar-refractivity contribution >= 4 is 27.1 Å². The number of benzene rings is 2. The van der Waals surface area contributed by atoms with Crippen molar-refractivity contribution in [2.45, 2.75) is 4.90 Å². The highest BCUT2D eigenvalue weighted by Gasteiger charge is 2.35. The van der Waals surface area contributed by atoms with Crippen LogP contribution in [0.1, 0.15) is 31.8 Å². The van der Waals surface area contributed by atoms with E-state index >= 15 is 0 Å². The van der Waals surface area contributed by atoms with Crippen LogP contribution in [0.25, 0.3) is 0 Å². The van der Waals surface area contributed by atoms with Gasteiger partial charge in [-0.15, -0.1) is 0 Å². The van der Waals surface area contributed by atoms with Gasteiger partial charge in [0.15, 0.2) is 21.4 Å². The SMILES string of the molecule is CS(=O)(=O)c1ccc(N)c2c1C(=O)c1ccccc1C2=O. The average Bonchev–Trinajstić information content (AvgIpc) is 2.43. The number of ketones is 2. The molecular formula is C15H11NO4S. The molecule has 0 fully saturated rings. The maximum Gasteiger partial charge on any atom is 0.196 e. The smallest absolute Gasteiger partial charge is 0.196 e. The van der Waals surface area contributed by atoms with E-state index in [0.29, 0.717) is 0 Å². The fraction of sp³-hybridized carbons (Fsp3) is 0.0667. The summed E-state index contributed by atoms with van der Waals surface area (Å²) in [7, 11) is -3.65. The summed E-state index contributed by atoms with van der Waals surface area (Å²) in [5.41, 5.74) is 6.19. The Balaban J connectivity index is 2.46. The van der Waals surface area contributed by atoms with E-state index < -0.39 is 21.4 Å². The molecule has 1 aliphatic rings. The molecule has 6 heteroatoms. The molecule has 0 saturated heterocycles. The van der Waals surface area contributed by atoms with E-state index in [1.165, 1.54) is 24.3 Å². The maximum absolute atomic E-state index is 12.6. The Bertz CT molecular complexity index is 913. The van der Waals surface area contributed by atoms with Gasteiger partial charge in [0, 0.05) is 23.1 Å². The van der Waals surface area contributed by atoms with Crippen molar-refractivity contribution in [2.75, 3.05) is 12.0 Å². The van der Waals surface area contributed by atoms with E-state index in [1.54, 1.807) is 12.1 Å². The van der Waals surface area contributed by atoms with Gasteiger partial charge >= 0.3 is 0 Å². The monoisotopic (exact) mass is 301 g/mol. The topological polar surface area (TPSA) is 94.3 Å². The Morgan fingerprint density at radius 1 is 0.857 bits per heavy atom. The standard InChI is InChI=1S/C15H11NO4S/c1-21(19,20)11-7-6-10(16)12-13(11)15(18)9-5-3-2-4-8(9)14(12)17/h2-7H,16H2,1H3. The van der Waals surface area contributed by atoms with Crippen molar-refractivity contribution in [1.82, 2.24) is 0 Å². The summed E-state index contributed by atoms with van der Waals surface area (Å²) in [5, 5.41) is 0. The first-order valence-electron chi connectivity index (χ1n) is 6.13.